The van der Waals surface area contributed by atoms with Crippen molar-refractivity contribution in [1.29, 1.82) is 0 Å². The molecule has 17 nitrogen and oxygen atoms in total. The van der Waals surface area contributed by atoms with Crippen molar-refractivity contribution in [2.24, 2.45) is 0 Å². The van der Waals surface area contributed by atoms with E-state index in [1.54, 1.807) is 0 Å². The van der Waals surface area contributed by atoms with Gasteiger partial charge in [-0.3, -0.25) is 37.3 Å². The van der Waals surface area contributed by atoms with Crippen molar-refractivity contribution >= 4 is 39.5 Å². The number of hydrogen-bond acceptors (Lipinski definition) is 15. The van der Waals surface area contributed by atoms with Crippen molar-refractivity contribution in [3.63, 3.8) is 0 Å². The van der Waals surface area contributed by atoms with Crippen molar-refractivity contribution < 1.29 is 80.2 Å². The van der Waals surface area contributed by atoms with Gasteiger partial charge in [0.05, 0.1) is 26.4 Å². The molecule has 5 atom stereocenters. The van der Waals surface area contributed by atoms with Gasteiger partial charge in [0.1, 0.15) is 19.3 Å². The Balaban J connectivity index is 5.36. The molecule has 0 aromatic heterocycles. The van der Waals surface area contributed by atoms with E-state index < -0.39 is 97.5 Å². The van der Waals surface area contributed by atoms with Crippen molar-refractivity contribution in [1.82, 2.24) is 0 Å². The highest BCUT2D eigenvalue weighted by Crippen LogP contribution is 2.45. The average molecular weight is 1450 g/mol. The number of phosphoric acid groups is 2. The van der Waals surface area contributed by atoms with Gasteiger partial charge in [0.25, 0.3) is 0 Å². The molecule has 0 aromatic rings. The smallest absolute Gasteiger partial charge is 0.462 e. The lowest BCUT2D eigenvalue weighted by Crippen LogP contribution is -2.30. The predicted molar refractivity (Wildman–Crippen MR) is 408 cm³/mol. The van der Waals surface area contributed by atoms with Gasteiger partial charge < -0.3 is 33.8 Å². The zero-order chi connectivity index (χ0) is 73.2. The Morgan fingerprint density at radius 3 is 0.850 bits per heavy atom. The maximum atomic E-state index is 13.1. The standard InChI is InChI=1S/C81H140O17P2/c1-5-9-13-17-21-25-29-32-34-36-37-39-40-43-47-50-54-58-62-66-79(84)92-72-77(98-81(86)68-64-60-56-52-48-44-41-38-35-33-30-26-22-18-14-10-6-2)74-96-100(89,90)94-70-75(82)69-93-99(87,88)95-73-76(97-80(85)67-63-59-55-51-45-28-24-20-16-12-8-4)71-91-78(83)65-61-57-53-49-46-42-31-27-23-19-15-11-7-3/h9-10,13-14,20-22,24-26,32-35,37,39,43,47,75-77,82H,5-8,11-12,15-19,23,27-31,36,38,40-42,44-46,48-74H2,1-4H3,(H,87,88)(H,89,90)/b13-9-,14-10-,24-20-,25-21-,26-22-,34-32-,35-33-,39-37-,47-43-. The monoisotopic (exact) mass is 1450 g/mol. The lowest BCUT2D eigenvalue weighted by molar-refractivity contribution is -0.161. The lowest BCUT2D eigenvalue weighted by atomic mass is 10.0. The fourth-order valence-electron chi connectivity index (χ4n) is 10.3. The van der Waals surface area contributed by atoms with Crippen LogP contribution in [0.25, 0.3) is 0 Å². The number of allylic oxidation sites excluding steroid dienone is 18. The quantitative estimate of drug-likeness (QED) is 0.0169. The molecule has 576 valence electrons. The third-order valence-electron chi connectivity index (χ3n) is 16.2. The zero-order valence-corrected chi connectivity index (χ0v) is 64.6. The van der Waals surface area contributed by atoms with E-state index in [0.717, 1.165) is 173 Å². The number of hydrogen-bond donors (Lipinski definition) is 3. The third kappa shape index (κ3) is 72.1. The first-order valence-corrected chi connectivity index (χ1v) is 42.1. The molecule has 5 unspecified atom stereocenters. The first-order valence-electron chi connectivity index (χ1n) is 39.1. The van der Waals surface area contributed by atoms with Crippen molar-refractivity contribution in [3.05, 3.63) is 109 Å². The van der Waals surface area contributed by atoms with Gasteiger partial charge in [-0.05, 0) is 122 Å². The third-order valence-corrected chi connectivity index (χ3v) is 18.1. The molecular formula is C81H140O17P2. The number of carbonyl (C=O) groups excluding carboxylic acids is 4. The van der Waals surface area contributed by atoms with E-state index >= 15 is 0 Å². The molecule has 0 saturated carbocycles. The van der Waals surface area contributed by atoms with Crippen LogP contribution in [0, 0.1) is 0 Å². The van der Waals surface area contributed by atoms with E-state index in [4.69, 9.17) is 37.0 Å². The summed E-state index contributed by atoms with van der Waals surface area (Å²) in [5, 5.41) is 10.6. The molecule has 0 amide bonds. The first-order chi connectivity index (χ1) is 48.7. The van der Waals surface area contributed by atoms with Gasteiger partial charge in [0.15, 0.2) is 12.2 Å². The van der Waals surface area contributed by atoms with Crippen molar-refractivity contribution in [3.8, 4) is 0 Å². The number of esters is 4. The maximum absolute atomic E-state index is 13.1. The topological polar surface area (TPSA) is 237 Å². The molecule has 0 aromatic carbocycles. The lowest BCUT2D eigenvalue weighted by Gasteiger charge is -2.21. The van der Waals surface area contributed by atoms with Crippen LogP contribution in [0.3, 0.4) is 0 Å². The summed E-state index contributed by atoms with van der Waals surface area (Å²) in [6, 6.07) is 0. The minimum atomic E-state index is -4.99. The molecule has 0 radical (unpaired) electrons. The predicted octanol–water partition coefficient (Wildman–Crippen LogP) is 22.6. The SMILES string of the molecule is CC/C=C\C/C=C\C/C=C\C/C=C\C/C=C\CCCCCC(=O)OCC(COP(=O)(O)OCC(O)COP(=O)(O)OCC(COC(=O)CCCCCCCCCCCCCCC)OC(=O)CCCCCCC/C=C\CCCC)OC(=O)CCCCCCCCC/C=C\C/C=C\C/C=C\CC. The second-order valence-electron chi connectivity index (χ2n) is 25.9. The summed E-state index contributed by atoms with van der Waals surface area (Å²) in [7, 11) is -9.96. The van der Waals surface area contributed by atoms with E-state index in [1.165, 1.54) is 70.6 Å². The van der Waals surface area contributed by atoms with E-state index in [2.05, 4.69) is 137 Å². The second kappa shape index (κ2) is 73.0. The Morgan fingerprint density at radius 2 is 0.530 bits per heavy atom. The summed E-state index contributed by atoms with van der Waals surface area (Å²) in [6.07, 6.45) is 77.9. The number of ether oxygens (including phenoxy) is 4. The van der Waals surface area contributed by atoms with E-state index in [9.17, 15) is 43.2 Å². The molecule has 0 aliphatic rings. The molecule has 0 aliphatic heterocycles. The van der Waals surface area contributed by atoms with Crippen molar-refractivity contribution in [2.75, 3.05) is 39.6 Å². The minimum absolute atomic E-state index is 0.0746. The van der Waals surface area contributed by atoms with Gasteiger partial charge in [-0.25, -0.2) is 9.13 Å². The molecule has 0 rings (SSSR count). The Hall–Kier alpha value is -4.28. The molecule has 0 fully saturated rings. The van der Waals surface area contributed by atoms with Gasteiger partial charge in [-0.1, -0.05) is 285 Å². The maximum Gasteiger partial charge on any atom is 0.472 e. The van der Waals surface area contributed by atoms with Crippen LogP contribution in [0.15, 0.2) is 109 Å². The number of rotatable bonds is 73. The fraction of sp³-hybridized carbons (Fsp3) is 0.728. The molecule has 0 aliphatic carbocycles. The van der Waals surface area contributed by atoms with Crippen LogP contribution in [0.2, 0.25) is 0 Å². The number of aliphatic hydroxyl groups excluding tert-OH is 1. The highest BCUT2D eigenvalue weighted by Gasteiger charge is 2.30. The summed E-state index contributed by atoms with van der Waals surface area (Å²) in [5.74, 6) is -2.22. The summed E-state index contributed by atoms with van der Waals surface area (Å²) in [6.45, 7) is 4.58. The van der Waals surface area contributed by atoms with Gasteiger partial charge >= 0.3 is 39.5 Å². The molecule has 0 saturated heterocycles. The van der Waals surface area contributed by atoms with Crippen LogP contribution in [-0.4, -0.2) is 96.7 Å². The van der Waals surface area contributed by atoms with Gasteiger partial charge in [-0.2, -0.15) is 0 Å². The summed E-state index contributed by atoms with van der Waals surface area (Å²) < 4.78 is 68.5. The van der Waals surface area contributed by atoms with Gasteiger partial charge in [-0.15, -0.1) is 0 Å². The molecule has 0 spiro atoms. The van der Waals surface area contributed by atoms with E-state index in [-0.39, 0.29) is 25.7 Å². The molecule has 19 heteroatoms. The van der Waals surface area contributed by atoms with Gasteiger partial charge in [0.2, 0.25) is 0 Å². The molecule has 0 bridgehead atoms. The summed E-state index contributed by atoms with van der Waals surface area (Å²) in [5.41, 5.74) is 0. The largest absolute Gasteiger partial charge is 0.472 e. The first kappa shape index (κ1) is 95.7. The summed E-state index contributed by atoms with van der Waals surface area (Å²) >= 11 is 0. The van der Waals surface area contributed by atoms with E-state index in [1.807, 2.05) is 0 Å². The van der Waals surface area contributed by atoms with Crippen LogP contribution >= 0.6 is 15.6 Å². The number of phosphoric ester groups is 2. The molecule has 0 heterocycles. The highest BCUT2D eigenvalue weighted by molar-refractivity contribution is 7.47. The highest BCUT2D eigenvalue weighted by atomic mass is 31.2. The van der Waals surface area contributed by atoms with Crippen molar-refractivity contribution in [2.45, 2.75) is 341 Å². The second-order valence-corrected chi connectivity index (χ2v) is 28.8. The fourth-order valence-corrected chi connectivity index (χ4v) is 11.9. The normalized spacial score (nSPS) is 14.5. The van der Waals surface area contributed by atoms with Crippen LogP contribution < -0.4 is 0 Å². The Labute approximate surface area is 607 Å². The van der Waals surface area contributed by atoms with E-state index in [0.29, 0.717) is 25.7 Å². The Morgan fingerprint density at radius 1 is 0.290 bits per heavy atom. The molecular weight excluding hydrogens is 1310 g/mol. The molecule has 100 heavy (non-hydrogen) atoms. The average Bonchev–Trinajstić information content (AvgIpc) is 0.930. The van der Waals surface area contributed by atoms with Crippen LogP contribution in [0.4, 0.5) is 0 Å². The Bertz CT molecular complexity index is 2320. The molecule has 3 N–H and O–H groups in total. The number of unbranched alkanes of at least 4 members (excludes halogenated alkanes) is 29. The van der Waals surface area contributed by atoms with Crippen LogP contribution in [0.5, 0.6) is 0 Å². The van der Waals surface area contributed by atoms with Crippen LogP contribution in [-0.2, 0) is 65.4 Å². The number of carbonyl (C=O) groups is 4. The van der Waals surface area contributed by atoms with Crippen LogP contribution in [0.1, 0.15) is 323 Å². The zero-order valence-electron chi connectivity index (χ0n) is 62.8. The van der Waals surface area contributed by atoms with Gasteiger partial charge in [0, 0.05) is 25.7 Å². The summed E-state index contributed by atoms with van der Waals surface area (Å²) in [4.78, 5) is 72.9. The minimum Gasteiger partial charge on any atom is -0.462 e. The Kier molecular flexibility index (Phi) is 69.9. The number of aliphatic hydroxyl groups is 1.